The Bertz CT molecular complexity index is 606. The number of aromatic nitrogens is 2. The van der Waals surface area contributed by atoms with Gasteiger partial charge in [-0.3, -0.25) is 0 Å². The number of rotatable bonds is 7. The molecule has 142 valence electrons. The quantitative estimate of drug-likeness (QED) is 0.220. The van der Waals surface area contributed by atoms with E-state index in [-0.39, 0.29) is 48.8 Å². The predicted octanol–water partition coefficient (Wildman–Crippen LogP) is -9.43. The maximum Gasteiger partial charge on any atom is 0.421 e. The lowest BCUT2D eigenvalue weighted by Crippen LogP contribution is -3.00. The predicted molar refractivity (Wildman–Crippen MR) is 84.9 cm³/mol. The Balaban J connectivity index is 0. The topological polar surface area (TPSA) is 92.0 Å². The zero-order chi connectivity index (χ0) is 15.9. The number of hydrogen-bond acceptors (Lipinski definition) is 3. The van der Waals surface area contributed by atoms with E-state index in [0.717, 1.165) is 37.8 Å². The first kappa shape index (κ1) is 26.3. The molecule has 0 saturated carbocycles. The molecule has 7 nitrogen and oxygen atoms in total. The molecule has 25 heavy (non-hydrogen) atoms. The lowest BCUT2D eigenvalue weighted by atomic mass is 10.2. The second-order valence-corrected chi connectivity index (χ2v) is 5.23. The molecular weight excluding hydrogens is 476 g/mol. The Morgan fingerprint density at radius 2 is 1.60 bits per heavy atom. The molecule has 0 saturated heterocycles. The van der Waals surface area contributed by atoms with Crippen LogP contribution in [0.2, 0.25) is 0 Å². The second kappa shape index (κ2) is 13.3. The van der Waals surface area contributed by atoms with Gasteiger partial charge in [0.25, 0.3) is 0 Å². The van der Waals surface area contributed by atoms with Crippen LogP contribution >= 0.6 is 0 Å². The minimum atomic E-state index is 0. The molecule has 1 aromatic carbocycles. The van der Waals surface area contributed by atoms with E-state index in [2.05, 4.69) is 38.7 Å². The van der Waals surface area contributed by atoms with Crippen molar-refractivity contribution < 1.29 is 64.8 Å². The Labute approximate surface area is 178 Å². The van der Waals surface area contributed by atoms with Crippen LogP contribution in [0.4, 0.5) is 17.3 Å². The monoisotopic (exact) mass is 501 g/mol. The van der Waals surface area contributed by atoms with Crippen molar-refractivity contribution in [2.75, 3.05) is 31.1 Å². The summed E-state index contributed by atoms with van der Waals surface area (Å²) in [4.78, 5) is 2.29. The van der Waals surface area contributed by atoms with E-state index in [4.69, 9.17) is 0 Å². The van der Waals surface area contributed by atoms with E-state index in [1.807, 2.05) is 47.8 Å². The molecule has 0 radical (unpaired) electrons. The number of hydrogen-bond donors (Lipinski definition) is 2. The van der Waals surface area contributed by atoms with Gasteiger partial charge in [-0.1, -0.05) is 5.11 Å². The molecule has 0 aliphatic heterocycles. The highest BCUT2D eigenvalue weighted by atomic mass is 127. The van der Waals surface area contributed by atoms with Gasteiger partial charge in [0.05, 0.1) is 52.7 Å². The fourth-order valence-corrected chi connectivity index (χ4v) is 2.31. The van der Waals surface area contributed by atoms with Gasteiger partial charge in [0, 0.05) is 10.8 Å². The maximum atomic E-state index is 4.30. The van der Waals surface area contributed by atoms with Gasteiger partial charge in [0.1, 0.15) is 5.69 Å². The molecular formula is C15H26Cl2IN7. The third-order valence-electron chi connectivity index (χ3n) is 3.47. The van der Waals surface area contributed by atoms with Crippen molar-refractivity contribution >= 4 is 17.3 Å². The summed E-state index contributed by atoms with van der Waals surface area (Å²) < 4.78 is 3.87. The molecule has 0 amide bonds. The normalized spacial score (nSPS) is 9.92. The first-order valence-electron chi connectivity index (χ1n) is 7.52. The summed E-state index contributed by atoms with van der Waals surface area (Å²) in [5.74, 6) is 0.805. The summed E-state index contributed by atoms with van der Waals surface area (Å²) in [6, 6.07) is 8.12. The summed E-state index contributed by atoms with van der Waals surface area (Å²) in [7, 11) is 3.90. The molecule has 0 aliphatic carbocycles. The summed E-state index contributed by atoms with van der Waals surface area (Å²) in [6.45, 7) is 3.64. The minimum Gasteiger partial charge on any atom is -1.00 e. The van der Waals surface area contributed by atoms with Crippen LogP contribution in [-0.2, 0) is 14.1 Å². The van der Waals surface area contributed by atoms with Crippen LogP contribution in [-0.4, -0.2) is 30.7 Å². The maximum absolute atomic E-state index is 4.30. The van der Waals surface area contributed by atoms with E-state index >= 15 is 0 Å². The molecule has 1 heterocycles. The van der Waals surface area contributed by atoms with Gasteiger partial charge in [-0.05, 0) is 24.3 Å². The number of aryl methyl sites for hydroxylation is 2. The van der Waals surface area contributed by atoms with Crippen molar-refractivity contribution in [1.29, 1.82) is 0 Å². The van der Waals surface area contributed by atoms with E-state index in [1.165, 1.54) is 5.69 Å². The minimum absolute atomic E-state index is 0. The van der Waals surface area contributed by atoms with E-state index < -0.39 is 0 Å². The number of azo groups is 1. The number of nitrogens with zero attached hydrogens (tertiary/aromatic N) is 5. The molecule has 0 bridgehead atoms. The van der Waals surface area contributed by atoms with Crippen LogP contribution in [0.3, 0.4) is 0 Å². The first-order valence-corrected chi connectivity index (χ1v) is 7.52. The van der Waals surface area contributed by atoms with Crippen molar-refractivity contribution in [3.05, 3.63) is 36.7 Å². The van der Waals surface area contributed by atoms with Gasteiger partial charge in [0.15, 0.2) is 0 Å². The zero-order valence-electron chi connectivity index (χ0n) is 14.6. The fraction of sp³-hybridized carbons (Fsp3) is 0.400. The summed E-state index contributed by atoms with van der Waals surface area (Å²) in [5.41, 5.74) is 9.87. The van der Waals surface area contributed by atoms with Crippen molar-refractivity contribution in [2.24, 2.45) is 24.3 Å². The molecule has 2 rings (SSSR count). The van der Waals surface area contributed by atoms with Gasteiger partial charge in [-0.25, -0.2) is 9.13 Å². The number of quaternary nitrogens is 2. The molecule has 10 heteroatoms. The van der Waals surface area contributed by atoms with Crippen LogP contribution in [0.1, 0.15) is 0 Å². The Morgan fingerprint density at radius 3 is 2.04 bits per heavy atom. The smallest absolute Gasteiger partial charge is 0.421 e. The Morgan fingerprint density at radius 1 is 1.04 bits per heavy atom. The Kier molecular flexibility index (Phi) is 14.0. The van der Waals surface area contributed by atoms with Crippen LogP contribution in [0.5, 0.6) is 0 Å². The van der Waals surface area contributed by atoms with E-state index in [0.29, 0.717) is 0 Å². The average molecular weight is 502 g/mol. The van der Waals surface area contributed by atoms with Crippen molar-refractivity contribution in [1.82, 2.24) is 4.57 Å². The van der Waals surface area contributed by atoms with Gasteiger partial charge in [-0.15, -0.1) is 0 Å². The van der Waals surface area contributed by atoms with Gasteiger partial charge >= 0.3 is 5.95 Å². The highest BCUT2D eigenvalue weighted by Gasteiger charge is 2.10. The second-order valence-electron chi connectivity index (χ2n) is 5.23. The number of imidazole rings is 1. The molecule has 0 atom stereocenters. The molecule has 6 N–H and O–H groups in total. The molecule has 0 unspecified atom stereocenters. The van der Waals surface area contributed by atoms with Gasteiger partial charge in [0.2, 0.25) is 0 Å². The standard InChI is InChI=1S/C15H24N7.2ClH.HI/c1-20-11-12-21(2)15(20)19-18-13-3-5-14(6-4-13)22(9-7-16)10-8-17;;;/h3-6,11-12H,7-10,16-17H2,1-2H3;3*1H/q+1;;;/p-1. The van der Waals surface area contributed by atoms with E-state index in [9.17, 15) is 0 Å². The molecule has 0 aliphatic rings. The van der Waals surface area contributed by atoms with Crippen molar-refractivity contribution in [3.63, 3.8) is 0 Å². The largest absolute Gasteiger partial charge is 1.00 e. The van der Waals surface area contributed by atoms with Crippen LogP contribution in [0, 0.1) is 0 Å². The fourth-order valence-electron chi connectivity index (χ4n) is 2.31. The summed E-state index contributed by atoms with van der Waals surface area (Å²) in [5, 5.41) is 8.60. The van der Waals surface area contributed by atoms with Crippen molar-refractivity contribution in [2.45, 2.75) is 0 Å². The van der Waals surface area contributed by atoms with Gasteiger partial charge in [-0.2, -0.15) is 0 Å². The summed E-state index contributed by atoms with van der Waals surface area (Å²) in [6.07, 6.45) is 3.90. The third-order valence-corrected chi connectivity index (χ3v) is 3.47. The first-order chi connectivity index (χ1) is 10.7. The molecule has 0 spiro atoms. The average Bonchev–Trinajstić information content (AvgIpc) is 2.84. The third kappa shape index (κ3) is 7.45. The van der Waals surface area contributed by atoms with Crippen LogP contribution < -0.4 is 69.7 Å². The summed E-state index contributed by atoms with van der Waals surface area (Å²) >= 11 is 0. The highest BCUT2D eigenvalue weighted by molar-refractivity contribution is 5.52. The van der Waals surface area contributed by atoms with Gasteiger partial charge < -0.3 is 65.2 Å². The number of anilines is 1. The van der Waals surface area contributed by atoms with Crippen LogP contribution in [0.15, 0.2) is 46.9 Å². The van der Waals surface area contributed by atoms with Crippen molar-refractivity contribution in [3.8, 4) is 0 Å². The molecule has 0 fully saturated rings. The molecule has 2 aromatic rings. The van der Waals surface area contributed by atoms with E-state index in [1.54, 1.807) is 0 Å². The highest BCUT2D eigenvalue weighted by Crippen LogP contribution is 2.21. The SMILES string of the molecule is Cn1cc[n+](C)c1N=Nc1ccc(N(CC[NH3+])CC[NH3+])cc1.[Cl-].[Cl-].[I-]. The Hall–Kier alpha value is -0.940. The number of halogens is 3. The zero-order valence-corrected chi connectivity index (χ0v) is 18.2. The number of benzene rings is 1. The molecule has 1 aromatic heterocycles. The lowest BCUT2D eigenvalue weighted by molar-refractivity contribution is -0.657. The van der Waals surface area contributed by atoms with Crippen LogP contribution in [0.25, 0.3) is 0 Å². The lowest BCUT2D eigenvalue weighted by Gasteiger charge is -2.21.